The smallest absolute Gasteiger partial charge is 0.129 e. The number of ether oxygens (including phenoxy) is 1. The summed E-state index contributed by atoms with van der Waals surface area (Å²) in [6.07, 6.45) is 5.07. The first-order chi connectivity index (χ1) is 6.54. The highest BCUT2D eigenvalue weighted by molar-refractivity contribution is 6.87. The molecule has 0 amide bonds. The van der Waals surface area contributed by atoms with E-state index in [4.69, 9.17) is 15.6 Å². The minimum Gasteiger partial charge on any atom is -0.469 e. The maximum atomic E-state index is 5.66. The molecule has 14 heavy (non-hydrogen) atoms. The van der Waals surface area contributed by atoms with Gasteiger partial charge in [-0.15, -0.1) is 6.42 Å². The Morgan fingerprint density at radius 1 is 1.43 bits per heavy atom. The third-order valence-corrected chi connectivity index (χ3v) is 3.58. The van der Waals surface area contributed by atoms with Crippen LogP contribution in [0.2, 0.25) is 19.6 Å². The lowest BCUT2D eigenvalue weighted by molar-refractivity contribution is 0.137. The van der Waals surface area contributed by atoms with Crippen molar-refractivity contribution in [2.24, 2.45) is 0 Å². The number of hydrogen-bond donors (Lipinski definition) is 0. The van der Waals surface area contributed by atoms with E-state index in [1.54, 1.807) is 0 Å². The van der Waals surface area contributed by atoms with Crippen molar-refractivity contribution < 1.29 is 9.15 Å². The van der Waals surface area contributed by atoms with Gasteiger partial charge in [0.2, 0.25) is 0 Å². The predicted molar refractivity (Wildman–Crippen MR) is 60.2 cm³/mol. The summed E-state index contributed by atoms with van der Waals surface area (Å²) in [6, 6.07) is 4.00. The van der Waals surface area contributed by atoms with Gasteiger partial charge < -0.3 is 9.15 Å². The molecule has 2 nitrogen and oxygen atoms in total. The Morgan fingerprint density at radius 3 is 2.64 bits per heavy atom. The highest BCUT2D eigenvalue weighted by Crippen LogP contribution is 2.07. The molecule has 0 aromatic carbocycles. The second-order valence-electron chi connectivity index (χ2n) is 4.21. The van der Waals surface area contributed by atoms with Crippen LogP contribution in [0.3, 0.4) is 0 Å². The van der Waals surface area contributed by atoms with Crippen LogP contribution in [0.5, 0.6) is 0 Å². The van der Waals surface area contributed by atoms with Crippen molar-refractivity contribution in [3.8, 4) is 12.3 Å². The number of terminal acetylenes is 1. The summed E-state index contributed by atoms with van der Waals surface area (Å²) < 4.78 is 10.8. The third kappa shape index (κ3) is 3.06. The molecule has 0 aliphatic heterocycles. The molecule has 0 fully saturated rings. The first-order valence-corrected chi connectivity index (χ1v) is 8.14. The van der Waals surface area contributed by atoms with Gasteiger partial charge >= 0.3 is 0 Å². The molecule has 76 valence electrons. The van der Waals surface area contributed by atoms with Gasteiger partial charge in [0.05, 0.1) is 5.38 Å². The van der Waals surface area contributed by atoms with Crippen molar-refractivity contribution in [3.63, 3.8) is 0 Å². The van der Waals surface area contributed by atoms with Crippen LogP contribution in [0, 0.1) is 12.3 Å². The molecule has 0 unspecified atom stereocenters. The fraction of sp³-hybridized carbons (Fsp3) is 0.455. The molecule has 1 aromatic rings. The Balaban J connectivity index is 2.57. The molecule has 0 radical (unpaired) electrons. The standard InChI is InChI=1S/C11H16O2Si/c1-5-8-12-9-10-6-7-11(13-10)14(2,3)4/h1,6-7H,8-9H2,2-4H3. The largest absolute Gasteiger partial charge is 0.469 e. The first-order valence-electron chi connectivity index (χ1n) is 4.64. The molecule has 0 aliphatic rings. The van der Waals surface area contributed by atoms with Crippen LogP contribution in [0.15, 0.2) is 16.5 Å². The van der Waals surface area contributed by atoms with Gasteiger partial charge in [-0.2, -0.15) is 0 Å². The summed E-state index contributed by atoms with van der Waals surface area (Å²) >= 11 is 0. The van der Waals surface area contributed by atoms with Gasteiger partial charge in [0.1, 0.15) is 27.0 Å². The maximum absolute atomic E-state index is 5.66. The zero-order valence-electron chi connectivity index (χ0n) is 8.96. The lowest BCUT2D eigenvalue weighted by atomic mass is 10.5. The second-order valence-corrected chi connectivity index (χ2v) is 9.21. The van der Waals surface area contributed by atoms with Gasteiger partial charge in [-0.1, -0.05) is 25.6 Å². The zero-order valence-corrected chi connectivity index (χ0v) is 9.96. The van der Waals surface area contributed by atoms with Crippen molar-refractivity contribution in [1.82, 2.24) is 0 Å². The van der Waals surface area contributed by atoms with Gasteiger partial charge in [-0.05, 0) is 12.1 Å². The Labute approximate surface area is 86.3 Å². The third-order valence-electron chi connectivity index (χ3n) is 1.83. The lowest BCUT2D eigenvalue weighted by Gasteiger charge is -2.11. The van der Waals surface area contributed by atoms with Crippen LogP contribution in [-0.2, 0) is 11.3 Å². The van der Waals surface area contributed by atoms with E-state index >= 15 is 0 Å². The molecular formula is C11H16O2Si. The van der Waals surface area contributed by atoms with E-state index in [1.807, 2.05) is 12.1 Å². The Morgan fingerprint density at radius 2 is 2.14 bits per heavy atom. The van der Waals surface area contributed by atoms with Gasteiger partial charge in [-0.3, -0.25) is 0 Å². The SMILES string of the molecule is C#CCOCc1ccc([Si](C)(C)C)o1. The van der Waals surface area contributed by atoms with Crippen LogP contribution in [0.25, 0.3) is 0 Å². The molecule has 0 bridgehead atoms. The average Bonchev–Trinajstić information content (AvgIpc) is 2.52. The molecular weight excluding hydrogens is 192 g/mol. The molecule has 3 heteroatoms. The highest BCUT2D eigenvalue weighted by atomic mass is 28.3. The molecule has 0 N–H and O–H groups in total. The van der Waals surface area contributed by atoms with Gasteiger partial charge in [-0.25, -0.2) is 0 Å². The number of hydrogen-bond acceptors (Lipinski definition) is 2. The molecule has 0 saturated carbocycles. The average molecular weight is 208 g/mol. The van der Waals surface area contributed by atoms with Crippen LogP contribution < -0.4 is 5.38 Å². The Hall–Kier alpha value is -0.983. The molecule has 1 aromatic heterocycles. The van der Waals surface area contributed by atoms with E-state index in [-0.39, 0.29) is 0 Å². The topological polar surface area (TPSA) is 22.4 Å². The molecule has 0 saturated heterocycles. The predicted octanol–water partition coefficient (Wildman–Crippen LogP) is 1.97. The highest BCUT2D eigenvalue weighted by Gasteiger charge is 2.20. The van der Waals surface area contributed by atoms with E-state index in [1.165, 1.54) is 0 Å². The van der Waals surface area contributed by atoms with Crippen LogP contribution in [0.1, 0.15) is 5.76 Å². The van der Waals surface area contributed by atoms with Crippen LogP contribution >= 0.6 is 0 Å². The van der Waals surface area contributed by atoms with Crippen molar-refractivity contribution in [2.45, 2.75) is 26.2 Å². The minimum atomic E-state index is -1.32. The summed E-state index contributed by atoms with van der Waals surface area (Å²) in [7, 11) is -1.32. The van der Waals surface area contributed by atoms with E-state index in [0.717, 1.165) is 11.1 Å². The fourth-order valence-corrected chi connectivity index (χ4v) is 2.09. The number of rotatable bonds is 4. The molecule has 1 rings (SSSR count). The van der Waals surface area contributed by atoms with E-state index in [2.05, 4.69) is 25.6 Å². The van der Waals surface area contributed by atoms with Crippen molar-refractivity contribution in [2.75, 3.05) is 6.61 Å². The Bertz CT molecular complexity index is 328. The summed E-state index contributed by atoms with van der Waals surface area (Å²) in [5.41, 5.74) is 0. The van der Waals surface area contributed by atoms with Crippen molar-refractivity contribution >= 4 is 13.5 Å². The van der Waals surface area contributed by atoms with Crippen molar-refractivity contribution in [3.05, 3.63) is 17.9 Å². The lowest BCUT2D eigenvalue weighted by Crippen LogP contribution is -2.36. The molecule has 0 atom stereocenters. The van der Waals surface area contributed by atoms with E-state index in [0.29, 0.717) is 13.2 Å². The van der Waals surface area contributed by atoms with E-state index < -0.39 is 8.07 Å². The fourth-order valence-electron chi connectivity index (χ4n) is 1.07. The van der Waals surface area contributed by atoms with E-state index in [9.17, 15) is 0 Å². The van der Waals surface area contributed by atoms with Crippen LogP contribution in [-0.4, -0.2) is 14.7 Å². The molecule has 0 aliphatic carbocycles. The van der Waals surface area contributed by atoms with Gasteiger partial charge in [0.15, 0.2) is 0 Å². The normalized spacial score (nSPS) is 11.3. The summed E-state index contributed by atoms with van der Waals surface area (Å²) in [5.74, 6) is 3.28. The maximum Gasteiger partial charge on any atom is 0.129 e. The molecule has 1 heterocycles. The monoisotopic (exact) mass is 208 g/mol. The summed E-state index contributed by atoms with van der Waals surface area (Å²) in [4.78, 5) is 0. The van der Waals surface area contributed by atoms with Gasteiger partial charge in [0.25, 0.3) is 0 Å². The summed E-state index contributed by atoms with van der Waals surface area (Å²) in [5, 5.41) is 1.11. The molecule has 0 spiro atoms. The number of furan rings is 1. The summed E-state index contributed by atoms with van der Waals surface area (Å²) in [6.45, 7) is 7.55. The first kappa shape index (κ1) is 11.1. The zero-order chi connectivity index (χ0) is 10.6. The minimum absolute atomic E-state index is 0.336. The quantitative estimate of drug-likeness (QED) is 0.429. The van der Waals surface area contributed by atoms with Crippen LogP contribution in [0.4, 0.5) is 0 Å². The Kier molecular flexibility index (Phi) is 3.56. The van der Waals surface area contributed by atoms with Crippen molar-refractivity contribution in [1.29, 1.82) is 0 Å². The van der Waals surface area contributed by atoms with Gasteiger partial charge in [0, 0.05) is 0 Å². The second kappa shape index (κ2) is 4.49.